The van der Waals surface area contributed by atoms with Crippen molar-refractivity contribution in [3.05, 3.63) is 59.3 Å². The van der Waals surface area contributed by atoms with Crippen molar-refractivity contribution in [2.24, 2.45) is 0 Å². The quantitative estimate of drug-likeness (QED) is 0.817. The standard InChI is InChI=1S/C23H30N4O2/c1-4-26(5-2)21-11-10-18(16-24-21)23(29)27-14-12-19(13-15-27)25-22(28)20-9-7-6-8-17(20)3/h6-11,16,19H,4-5,12-15H2,1-3H3,(H,25,28). The molecule has 2 amide bonds. The van der Waals surface area contributed by atoms with E-state index in [9.17, 15) is 9.59 Å². The molecule has 154 valence electrons. The maximum atomic E-state index is 12.8. The zero-order valence-electron chi connectivity index (χ0n) is 17.5. The van der Waals surface area contributed by atoms with Crippen LogP contribution in [0.1, 0.15) is 53.0 Å². The first-order valence-electron chi connectivity index (χ1n) is 10.4. The fraction of sp³-hybridized carbons (Fsp3) is 0.435. The Balaban J connectivity index is 1.54. The molecule has 0 radical (unpaired) electrons. The summed E-state index contributed by atoms with van der Waals surface area (Å²) in [7, 11) is 0. The highest BCUT2D eigenvalue weighted by molar-refractivity contribution is 5.96. The van der Waals surface area contributed by atoms with Crippen LogP contribution in [0.3, 0.4) is 0 Å². The normalized spacial score (nSPS) is 14.5. The van der Waals surface area contributed by atoms with E-state index >= 15 is 0 Å². The molecule has 1 fully saturated rings. The largest absolute Gasteiger partial charge is 0.357 e. The Morgan fingerprint density at radius 1 is 1.10 bits per heavy atom. The van der Waals surface area contributed by atoms with Crippen LogP contribution >= 0.6 is 0 Å². The summed E-state index contributed by atoms with van der Waals surface area (Å²) in [6, 6.07) is 11.5. The van der Waals surface area contributed by atoms with Crippen LogP contribution in [0.5, 0.6) is 0 Å². The van der Waals surface area contributed by atoms with Crippen LogP contribution in [-0.2, 0) is 0 Å². The van der Waals surface area contributed by atoms with Gasteiger partial charge in [-0.25, -0.2) is 4.98 Å². The summed E-state index contributed by atoms with van der Waals surface area (Å²) in [5.74, 6) is 0.862. The number of rotatable bonds is 6. The SMILES string of the molecule is CCN(CC)c1ccc(C(=O)N2CCC(NC(=O)c3ccccc3C)CC2)cn1. The molecule has 2 heterocycles. The predicted molar refractivity (Wildman–Crippen MR) is 115 cm³/mol. The summed E-state index contributed by atoms with van der Waals surface area (Å²) < 4.78 is 0. The summed E-state index contributed by atoms with van der Waals surface area (Å²) in [5.41, 5.74) is 2.30. The van der Waals surface area contributed by atoms with Crippen LogP contribution in [0.15, 0.2) is 42.6 Å². The van der Waals surface area contributed by atoms with E-state index in [2.05, 4.69) is 29.0 Å². The van der Waals surface area contributed by atoms with Crippen molar-refractivity contribution >= 4 is 17.6 Å². The molecule has 1 aromatic heterocycles. The van der Waals surface area contributed by atoms with Gasteiger partial charge >= 0.3 is 0 Å². The van der Waals surface area contributed by atoms with Gasteiger partial charge in [0.05, 0.1) is 5.56 Å². The number of aromatic nitrogens is 1. The van der Waals surface area contributed by atoms with Crippen molar-refractivity contribution in [2.75, 3.05) is 31.1 Å². The van der Waals surface area contributed by atoms with E-state index in [1.165, 1.54) is 0 Å². The van der Waals surface area contributed by atoms with E-state index in [0.717, 1.165) is 37.3 Å². The summed E-state index contributed by atoms with van der Waals surface area (Å²) in [6.07, 6.45) is 3.19. The van der Waals surface area contributed by atoms with E-state index in [4.69, 9.17) is 0 Å². The Morgan fingerprint density at radius 3 is 2.38 bits per heavy atom. The molecule has 0 unspecified atom stereocenters. The number of hydrogen-bond donors (Lipinski definition) is 1. The molecule has 0 saturated carbocycles. The number of benzene rings is 1. The van der Waals surface area contributed by atoms with Crippen LogP contribution in [0.2, 0.25) is 0 Å². The second-order valence-electron chi connectivity index (χ2n) is 7.43. The van der Waals surface area contributed by atoms with E-state index in [-0.39, 0.29) is 17.9 Å². The molecule has 1 saturated heterocycles. The minimum Gasteiger partial charge on any atom is -0.357 e. The number of hydrogen-bond acceptors (Lipinski definition) is 4. The first-order valence-corrected chi connectivity index (χ1v) is 10.4. The van der Waals surface area contributed by atoms with Crippen LogP contribution in [0, 0.1) is 6.92 Å². The summed E-state index contributed by atoms with van der Waals surface area (Å²) in [4.78, 5) is 33.8. The third-order valence-electron chi connectivity index (χ3n) is 5.59. The Morgan fingerprint density at radius 2 is 1.79 bits per heavy atom. The predicted octanol–water partition coefficient (Wildman–Crippen LogP) is 3.27. The maximum Gasteiger partial charge on any atom is 0.255 e. The Bertz CT molecular complexity index is 838. The number of likely N-dealkylation sites (tertiary alicyclic amines) is 1. The Labute approximate surface area is 172 Å². The van der Waals surface area contributed by atoms with Gasteiger partial charge in [-0.2, -0.15) is 0 Å². The number of carbonyl (C=O) groups excluding carboxylic acids is 2. The molecule has 29 heavy (non-hydrogen) atoms. The second-order valence-corrected chi connectivity index (χ2v) is 7.43. The number of nitrogens with one attached hydrogen (secondary N) is 1. The molecule has 2 aromatic rings. The molecule has 3 rings (SSSR count). The van der Waals surface area contributed by atoms with Gasteiger partial charge in [0, 0.05) is 44.0 Å². The highest BCUT2D eigenvalue weighted by Gasteiger charge is 2.25. The van der Waals surface area contributed by atoms with E-state index < -0.39 is 0 Å². The molecule has 6 nitrogen and oxygen atoms in total. The molecule has 0 spiro atoms. The fourth-order valence-corrected chi connectivity index (χ4v) is 3.75. The van der Waals surface area contributed by atoms with E-state index in [1.54, 1.807) is 6.20 Å². The molecule has 6 heteroatoms. The third kappa shape index (κ3) is 4.94. The van der Waals surface area contributed by atoms with Gasteiger partial charge in [-0.05, 0) is 57.4 Å². The lowest BCUT2D eigenvalue weighted by molar-refractivity contribution is 0.0697. The molecular weight excluding hydrogens is 364 g/mol. The molecule has 1 aliphatic heterocycles. The lowest BCUT2D eigenvalue weighted by atomic mass is 10.0. The van der Waals surface area contributed by atoms with Gasteiger partial charge in [-0.1, -0.05) is 18.2 Å². The van der Waals surface area contributed by atoms with Crippen molar-refractivity contribution < 1.29 is 9.59 Å². The first kappa shape index (κ1) is 20.8. The fourth-order valence-electron chi connectivity index (χ4n) is 3.75. The van der Waals surface area contributed by atoms with Crippen molar-refractivity contribution in [1.29, 1.82) is 0 Å². The third-order valence-corrected chi connectivity index (χ3v) is 5.59. The van der Waals surface area contributed by atoms with Crippen LogP contribution in [-0.4, -0.2) is 53.9 Å². The lowest BCUT2D eigenvalue weighted by Crippen LogP contribution is -2.46. The smallest absolute Gasteiger partial charge is 0.255 e. The monoisotopic (exact) mass is 394 g/mol. The van der Waals surface area contributed by atoms with Crippen molar-refractivity contribution in [2.45, 2.75) is 39.7 Å². The number of carbonyl (C=O) groups is 2. The number of nitrogens with zero attached hydrogens (tertiary/aromatic N) is 3. The van der Waals surface area contributed by atoms with Crippen molar-refractivity contribution in [3.63, 3.8) is 0 Å². The molecule has 1 aliphatic rings. The minimum atomic E-state index is -0.0379. The first-order chi connectivity index (χ1) is 14.0. The van der Waals surface area contributed by atoms with E-state index in [0.29, 0.717) is 24.2 Å². The highest BCUT2D eigenvalue weighted by atomic mass is 16.2. The molecule has 1 aromatic carbocycles. The van der Waals surface area contributed by atoms with Gasteiger partial charge in [0.2, 0.25) is 0 Å². The van der Waals surface area contributed by atoms with Gasteiger partial charge in [-0.3, -0.25) is 9.59 Å². The van der Waals surface area contributed by atoms with Crippen LogP contribution in [0.4, 0.5) is 5.82 Å². The average molecular weight is 395 g/mol. The summed E-state index contributed by atoms with van der Waals surface area (Å²) >= 11 is 0. The van der Waals surface area contributed by atoms with Crippen LogP contribution in [0.25, 0.3) is 0 Å². The Hall–Kier alpha value is -2.89. The van der Waals surface area contributed by atoms with Crippen molar-refractivity contribution in [1.82, 2.24) is 15.2 Å². The zero-order chi connectivity index (χ0) is 20.8. The van der Waals surface area contributed by atoms with Gasteiger partial charge in [-0.15, -0.1) is 0 Å². The number of piperidine rings is 1. The number of anilines is 1. The minimum absolute atomic E-state index is 0.00674. The van der Waals surface area contributed by atoms with Gasteiger partial charge in [0.15, 0.2) is 0 Å². The van der Waals surface area contributed by atoms with Gasteiger partial charge in [0.1, 0.15) is 5.82 Å². The number of amides is 2. The summed E-state index contributed by atoms with van der Waals surface area (Å²) in [6.45, 7) is 9.16. The van der Waals surface area contributed by atoms with Gasteiger partial charge in [0.25, 0.3) is 11.8 Å². The zero-order valence-corrected chi connectivity index (χ0v) is 17.5. The molecule has 0 atom stereocenters. The number of aryl methyl sites for hydroxylation is 1. The maximum absolute atomic E-state index is 12.8. The molecule has 0 bridgehead atoms. The number of pyridine rings is 1. The van der Waals surface area contributed by atoms with Crippen LogP contribution < -0.4 is 10.2 Å². The Kier molecular flexibility index (Phi) is 6.86. The van der Waals surface area contributed by atoms with Gasteiger partial charge < -0.3 is 15.1 Å². The van der Waals surface area contributed by atoms with E-state index in [1.807, 2.05) is 48.2 Å². The molecule has 0 aliphatic carbocycles. The average Bonchev–Trinajstić information content (AvgIpc) is 2.75. The molecular formula is C23H30N4O2. The van der Waals surface area contributed by atoms with Crippen molar-refractivity contribution in [3.8, 4) is 0 Å². The molecule has 1 N–H and O–H groups in total. The summed E-state index contributed by atoms with van der Waals surface area (Å²) in [5, 5.41) is 3.11. The second kappa shape index (κ2) is 9.54. The highest BCUT2D eigenvalue weighted by Crippen LogP contribution is 2.17. The topological polar surface area (TPSA) is 65.5 Å². The lowest BCUT2D eigenvalue weighted by Gasteiger charge is -2.32.